The van der Waals surface area contributed by atoms with Gasteiger partial charge >= 0.3 is 0 Å². The van der Waals surface area contributed by atoms with Crippen molar-refractivity contribution in [3.05, 3.63) is 60.1 Å². The van der Waals surface area contributed by atoms with Crippen molar-refractivity contribution in [2.24, 2.45) is 0 Å². The summed E-state index contributed by atoms with van der Waals surface area (Å²) in [5.74, 6) is 0.108. The normalized spacial score (nSPS) is 15.1. The van der Waals surface area contributed by atoms with Gasteiger partial charge in [0.15, 0.2) is 0 Å². The van der Waals surface area contributed by atoms with Crippen molar-refractivity contribution in [3.8, 4) is 0 Å². The maximum atomic E-state index is 12.2. The number of amides is 2. The lowest BCUT2D eigenvalue weighted by Crippen LogP contribution is -2.46. The summed E-state index contributed by atoms with van der Waals surface area (Å²) in [5, 5.41) is 3.10. The van der Waals surface area contributed by atoms with Gasteiger partial charge in [0.2, 0.25) is 5.91 Å². The van der Waals surface area contributed by atoms with Crippen LogP contribution in [0.2, 0.25) is 0 Å². The zero-order valence-corrected chi connectivity index (χ0v) is 14.3. The van der Waals surface area contributed by atoms with Crippen LogP contribution in [0, 0.1) is 0 Å². The van der Waals surface area contributed by atoms with Gasteiger partial charge in [-0.3, -0.25) is 9.59 Å². The van der Waals surface area contributed by atoms with Crippen LogP contribution in [0.4, 0.5) is 0 Å². The SMILES string of the molecule is O=C(CCCc1ccccc1)NC1CCN(C(=O)c2ccoc2)CC1. The molecule has 1 saturated heterocycles. The molecule has 0 spiro atoms. The van der Waals surface area contributed by atoms with Gasteiger partial charge in [-0.15, -0.1) is 0 Å². The number of likely N-dealkylation sites (tertiary alicyclic amines) is 1. The Labute approximate surface area is 148 Å². The van der Waals surface area contributed by atoms with E-state index in [4.69, 9.17) is 4.42 Å². The molecule has 0 atom stereocenters. The van der Waals surface area contributed by atoms with Crippen LogP contribution in [0.3, 0.4) is 0 Å². The molecule has 0 radical (unpaired) electrons. The number of hydrogen-bond donors (Lipinski definition) is 1. The number of carbonyl (C=O) groups excluding carboxylic acids is 2. The predicted octanol–water partition coefficient (Wildman–Crippen LogP) is 3.02. The summed E-state index contributed by atoms with van der Waals surface area (Å²) in [6.07, 6.45) is 6.91. The van der Waals surface area contributed by atoms with Gasteiger partial charge < -0.3 is 14.6 Å². The van der Waals surface area contributed by atoms with Crippen molar-refractivity contribution in [2.75, 3.05) is 13.1 Å². The molecule has 1 aromatic heterocycles. The molecule has 2 amide bonds. The Balaban J connectivity index is 1.35. The predicted molar refractivity (Wildman–Crippen MR) is 95.2 cm³/mol. The highest BCUT2D eigenvalue weighted by atomic mass is 16.3. The van der Waals surface area contributed by atoms with E-state index in [0.29, 0.717) is 25.1 Å². The fourth-order valence-corrected chi connectivity index (χ4v) is 3.19. The minimum atomic E-state index is 0.00128. The van der Waals surface area contributed by atoms with E-state index in [1.54, 1.807) is 6.07 Å². The number of hydrogen-bond acceptors (Lipinski definition) is 3. The van der Waals surface area contributed by atoms with E-state index in [1.165, 1.54) is 18.1 Å². The Hall–Kier alpha value is -2.56. The maximum Gasteiger partial charge on any atom is 0.257 e. The second-order valence-electron chi connectivity index (χ2n) is 6.49. The lowest BCUT2D eigenvalue weighted by Gasteiger charge is -2.32. The summed E-state index contributed by atoms with van der Waals surface area (Å²) in [6.45, 7) is 1.33. The average Bonchev–Trinajstić information content (AvgIpc) is 3.17. The number of aryl methyl sites for hydroxylation is 1. The van der Waals surface area contributed by atoms with E-state index >= 15 is 0 Å². The van der Waals surface area contributed by atoms with Gasteiger partial charge in [-0.05, 0) is 37.3 Å². The van der Waals surface area contributed by atoms with Crippen molar-refractivity contribution in [1.82, 2.24) is 10.2 Å². The summed E-state index contributed by atoms with van der Waals surface area (Å²) < 4.78 is 4.97. The molecule has 0 bridgehead atoms. The lowest BCUT2D eigenvalue weighted by atomic mass is 10.0. The topological polar surface area (TPSA) is 62.6 Å². The molecule has 132 valence electrons. The van der Waals surface area contributed by atoms with Gasteiger partial charge in [-0.1, -0.05) is 30.3 Å². The first-order chi connectivity index (χ1) is 12.2. The van der Waals surface area contributed by atoms with Crippen molar-refractivity contribution < 1.29 is 14.0 Å². The number of piperidine rings is 1. The fraction of sp³-hybridized carbons (Fsp3) is 0.400. The quantitative estimate of drug-likeness (QED) is 0.879. The summed E-state index contributed by atoms with van der Waals surface area (Å²) in [6, 6.07) is 12.1. The third-order valence-corrected chi connectivity index (χ3v) is 4.63. The first-order valence-electron chi connectivity index (χ1n) is 8.87. The Kier molecular flexibility index (Phi) is 5.88. The lowest BCUT2D eigenvalue weighted by molar-refractivity contribution is -0.122. The number of benzene rings is 1. The van der Waals surface area contributed by atoms with Crippen molar-refractivity contribution in [3.63, 3.8) is 0 Å². The van der Waals surface area contributed by atoms with Crippen LogP contribution in [-0.4, -0.2) is 35.8 Å². The summed E-state index contributed by atoms with van der Waals surface area (Å²) >= 11 is 0. The molecule has 1 aliphatic heterocycles. The molecule has 5 nitrogen and oxygen atoms in total. The van der Waals surface area contributed by atoms with E-state index in [9.17, 15) is 9.59 Å². The third-order valence-electron chi connectivity index (χ3n) is 4.63. The van der Waals surface area contributed by atoms with Gasteiger partial charge in [-0.25, -0.2) is 0 Å². The average molecular weight is 340 g/mol. The number of rotatable bonds is 6. The molecule has 5 heteroatoms. The number of carbonyl (C=O) groups is 2. The van der Waals surface area contributed by atoms with E-state index < -0.39 is 0 Å². The molecule has 1 N–H and O–H groups in total. The number of nitrogens with one attached hydrogen (secondary N) is 1. The summed E-state index contributed by atoms with van der Waals surface area (Å²) in [5.41, 5.74) is 1.85. The fourth-order valence-electron chi connectivity index (χ4n) is 3.19. The molecule has 1 aromatic carbocycles. The molecular weight excluding hydrogens is 316 g/mol. The molecule has 2 heterocycles. The van der Waals surface area contributed by atoms with Gasteiger partial charge in [0.05, 0.1) is 11.8 Å². The highest BCUT2D eigenvalue weighted by Crippen LogP contribution is 2.15. The van der Waals surface area contributed by atoms with Gasteiger partial charge in [0, 0.05) is 25.6 Å². The highest BCUT2D eigenvalue weighted by molar-refractivity contribution is 5.93. The van der Waals surface area contributed by atoms with E-state index in [2.05, 4.69) is 17.4 Å². The second kappa shape index (κ2) is 8.51. The van der Waals surface area contributed by atoms with E-state index in [-0.39, 0.29) is 17.9 Å². The smallest absolute Gasteiger partial charge is 0.257 e. The van der Waals surface area contributed by atoms with Crippen LogP contribution in [0.25, 0.3) is 0 Å². The van der Waals surface area contributed by atoms with E-state index in [0.717, 1.165) is 25.7 Å². The minimum absolute atomic E-state index is 0.00128. The van der Waals surface area contributed by atoms with Crippen LogP contribution in [-0.2, 0) is 11.2 Å². The molecule has 25 heavy (non-hydrogen) atoms. The monoisotopic (exact) mass is 340 g/mol. The Morgan fingerprint density at radius 3 is 2.56 bits per heavy atom. The largest absolute Gasteiger partial charge is 0.472 e. The Morgan fingerprint density at radius 2 is 1.88 bits per heavy atom. The van der Waals surface area contributed by atoms with Crippen molar-refractivity contribution >= 4 is 11.8 Å². The number of nitrogens with zero attached hydrogens (tertiary/aromatic N) is 1. The molecule has 0 unspecified atom stereocenters. The molecule has 2 aromatic rings. The first kappa shape index (κ1) is 17.3. The van der Waals surface area contributed by atoms with E-state index in [1.807, 2.05) is 23.1 Å². The highest BCUT2D eigenvalue weighted by Gasteiger charge is 2.24. The van der Waals surface area contributed by atoms with Crippen LogP contribution >= 0.6 is 0 Å². The standard InChI is InChI=1S/C20H24N2O3/c23-19(8-4-7-16-5-2-1-3-6-16)21-18-9-12-22(13-10-18)20(24)17-11-14-25-15-17/h1-3,5-6,11,14-15,18H,4,7-10,12-13H2,(H,21,23). The van der Waals surface area contributed by atoms with Crippen LogP contribution < -0.4 is 5.32 Å². The Morgan fingerprint density at radius 1 is 1.12 bits per heavy atom. The van der Waals surface area contributed by atoms with Crippen molar-refractivity contribution in [1.29, 1.82) is 0 Å². The molecule has 0 aliphatic carbocycles. The summed E-state index contributed by atoms with van der Waals surface area (Å²) in [4.78, 5) is 26.2. The van der Waals surface area contributed by atoms with Gasteiger partial charge in [0.25, 0.3) is 5.91 Å². The maximum absolute atomic E-state index is 12.2. The zero-order valence-electron chi connectivity index (χ0n) is 14.3. The van der Waals surface area contributed by atoms with Crippen LogP contribution in [0.5, 0.6) is 0 Å². The molecule has 0 saturated carbocycles. The molecule has 1 aliphatic rings. The van der Waals surface area contributed by atoms with Gasteiger partial charge in [-0.2, -0.15) is 0 Å². The van der Waals surface area contributed by atoms with Crippen LogP contribution in [0.15, 0.2) is 53.3 Å². The third kappa shape index (κ3) is 4.95. The molecule has 1 fully saturated rings. The Bertz CT molecular complexity index is 674. The van der Waals surface area contributed by atoms with Crippen LogP contribution in [0.1, 0.15) is 41.6 Å². The minimum Gasteiger partial charge on any atom is -0.472 e. The zero-order chi connectivity index (χ0) is 17.5. The van der Waals surface area contributed by atoms with Gasteiger partial charge in [0.1, 0.15) is 6.26 Å². The molecule has 3 rings (SSSR count). The second-order valence-corrected chi connectivity index (χ2v) is 6.49. The van der Waals surface area contributed by atoms with Crippen molar-refractivity contribution in [2.45, 2.75) is 38.1 Å². The summed E-state index contributed by atoms with van der Waals surface area (Å²) in [7, 11) is 0. The first-order valence-corrected chi connectivity index (χ1v) is 8.87. The number of furan rings is 1. The molecular formula is C20H24N2O3.